The highest BCUT2D eigenvalue weighted by Gasteiger charge is 2.34. The van der Waals surface area contributed by atoms with Crippen molar-refractivity contribution in [3.8, 4) is 0 Å². The minimum Gasteiger partial charge on any atom is -0.481 e. The third-order valence-electron chi connectivity index (χ3n) is 4.35. The number of hydrogen-bond donors (Lipinski definition) is 2. The number of aryl methyl sites for hydroxylation is 2. The summed E-state index contributed by atoms with van der Waals surface area (Å²) in [7, 11) is 0. The average molecular weight is 301 g/mol. The molecule has 3 unspecified atom stereocenters. The van der Waals surface area contributed by atoms with Crippen LogP contribution in [-0.2, 0) is 9.59 Å². The number of amides is 1. The normalized spacial score (nSPS) is 22.1. The van der Waals surface area contributed by atoms with Gasteiger partial charge in [-0.3, -0.25) is 9.59 Å². The Morgan fingerprint density at radius 1 is 1.18 bits per heavy atom. The summed E-state index contributed by atoms with van der Waals surface area (Å²) >= 11 is 0. The summed E-state index contributed by atoms with van der Waals surface area (Å²) in [6.07, 6.45) is 4.65. The summed E-state index contributed by atoms with van der Waals surface area (Å²) in [5, 5.41) is 12.3. The molecule has 0 aliphatic heterocycles. The van der Waals surface area contributed by atoms with E-state index >= 15 is 0 Å². The third-order valence-corrected chi connectivity index (χ3v) is 4.35. The number of rotatable bonds is 4. The Labute approximate surface area is 131 Å². The van der Waals surface area contributed by atoms with Crippen LogP contribution in [0.3, 0.4) is 0 Å². The van der Waals surface area contributed by atoms with Crippen molar-refractivity contribution in [2.75, 3.05) is 0 Å². The van der Waals surface area contributed by atoms with Crippen LogP contribution in [0.5, 0.6) is 0 Å². The zero-order chi connectivity index (χ0) is 16.3. The summed E-state index contributed by atoms with van der Waals surface area (Å²) in [4.78, 5) is 23.8. The van der Waals surface area contributed by atoms with E-state index in [-0.39, 0.29) is 11.9 Å². The fourth-order valence-corrected chi connectivity index (χ4v) is 3.00. The van der Waals surface area contributed by atoms with E-state index in [4.69, 9.17) is 0 Å². The summed E-state index contributed by atoms with van der Waals surface area (Å²) in [6, 6.07) is 6.01. The molecule has 0 bridgehead atoms. The van der Waals surface area contributed by atoms with Crippen molar-refractivity contribution in [3.63, 3.8) is 0 Å². The fraction of sp³-hybridized carbons (Fsp3) is 0.444. The second-order valence-electron chi connectivity index (χ2n) is 6.08. The lowest BCUT2D eigenvalue weighted by Gasteiger charge is -2.26. The highest BCUT2D eigenvalue weighted by Crippen LogP contribution is 2.27. The minimum atomic E-state index is -0.899. The number of carboxylic acids is 1. The van der Waals surface area contributed by atoms with Gasteiger partial charge in [-0.1, -0.05) is 35.9 Å². The molecule has 1 aromatic carbocycles. The molecule has 3 atom stereocenters. The SMILES string of the molecule is Cc1ccc(C)c(C(C)NC(=O)C2CC=CCC2C(=O)O)c1. The van der Waals surface area contributed by atoms with Gasteiger partial charge in [0.15, 0.2) is 0 Å². The van der Waals surface area contributed by atoms with Crippen LogP contribution in [0, 0.1) is 25.7 Å². The molecular formula is C18H23NO3. The molecule has 2 rings (SSSR count). The Morgan fingerprint density at radius 2 is 1.82 bits per heavy atom. The highest BCUT2D eigenvalue weighted by atomic mass is 16.4. The molecule has 0 fully saturated rings. The summed E-state index contributed by atoms with van der Waals surface area (Å²) in [5.74, 6) is -2.19. The van der Waals surface area contributed by atoms with Crippen LogP contribution in [0.1, 0.15) is 42.5 Å². The maximum Gasteiger partial charge on any atom is 0.307 e. The zero-order valence-electron chi connectivity index (χ0n) is 13.3. The lowest BCUT2D eigenvalue weighted by molar-refractivity contribution is -0.147. The summed E-state index contributed by atoms with van der Waals surface area (Å²) in [5.41, 5.74) is 3.34. The Morgan fingerprint density at radius 3 is 2.45 bits per heavy atom. The molecule has 0 heterocycles. The van der Waals surface area contributed by atoms with Gasteiger partial charge < -0.3 is 10.4 Å². The van der Waals surface area contributed by atoms with Gasteiger partial charge in [0.2, 0.25) is 5.91 Å². The molecule has 4 nitrogen and oxygen atoms in total. The number of nitrogens with one attached hydrogen (secondary N) is 1. The molecule has 0 aromatic heterocycles. The van der Waals surface area contributed by atoms with Gasteiger partial charge in [-0.2, -0.15) is 0 Å². The molecule has 1 aliphatic rings. The van der Waals surface area contributed by atoms with Gasteiger partial charge in [-0.05, 0) is 44.7 Å². The largest absolute Gasteiger partial charge is 0.481 e. The number of carbonyl (C=O) groups excluding carboxylic acids is 1. The van der Waals surface area contributed by atoms with Gasteiger partial charge in [-0.25, -0.2) is 0 Å². The molecule has 0 radical (unpaired) electrons. The predicted molar refractivity (Wildman–Crippen MR) is 85.5 cm³/mol. The van der Waals surface area contributed by atoms with Crippen LogP contribution in [0.4, 0.5) is 0 Å². The fourth-order valence-electron chi connectivity index (χ4n) is 3.00. The van der Waals surface area contributed by atoms with Gasteiger partial charge >= 0.3 is 5.97 Å². The van der Waals surface area contributed by atoms with Crippen LogP contribution in [0.15, 0.2) is 30.4 Å². The van der Waals surface area contributed by atoms with E-state index in [9.17, 15) is 14.7 Å². The first kappa shape index (κ1) is 16.3. The molecule has 1 amide bonds. The molecule has 0 spiro atoms. The standard InChI is InChI=1S/C18H23NO3/c1-11-8-9-12(2)16(10-11)13(3)19-17(20)14-6-4-5-7-15(14)18(21)22/h4-5,8-10,13-15H,6-7H2,1-3H3,(H,19,20)(H,21,22). The van der Waals surface area contributed by atoms with Gasteiger partial charge in [-0.15, -0.1) is 0 Å². The maximum absolute atomic E-state index is 12.5. The topological polar surface area (TPSA) is 66.4 Å². The van der Waals surface area contributed by atoms with Crippen molar-refractivity contribution in [3.05, 3.63) is 47.0 Å². The molecule has 1 aliphatic carbocycles. The van der Waals surface area contributed by atoms with E-state index in [1.165, 1.54) is 0 Å². The van der Waals surface area contributed by atoms with E-state index in [0.717, 1.165) is 16.7 Å². The number of benzene rings is 1. The quantitative estimate of drug-likeness (QED) is 0.840. The molecule has 118 valence electrons. The first-order chi connectivity index (χ1) is 10.4. The van der Waals surface area contributed by atoms with Crippen molar-refractivity contribution in [2.24, 2.45) is 11.8 Å². The maximum atomic E-state index is 12.5. The first-order valence-corrected chi connectivity index (χ1v) is 7.65. The summed E-state index contributed by atoms with van der Waals surface area (Å²) in [6.45, 7) is 5.97. The zero-order valence-corrected chi connectivity index (χ0v) is 13.3. The molecule has 0 saturated carbocycles. The Balaban J connectivity index is 2.12. The lowest BCUT2D eigenvalue weighted by Crippen LogP contribution is -2.39. The van der Waals surface area contributed by atoms with Crippen molar-refractivity contribution in [1.29, 1.82) is 0 Å². The Bertz CT molecular complexity index is 606. The van der Waals surface area contributed by atoms with E-state index in [1.54, 1.807) is 0 Å². The van der Waals surface area contributed by atoms with Crippen molar-refractivity contribution in [2.45, 2.75) is 39.7 Å². The molecule has 4 heteroatoms. The van der Waals surface area contributed by atoms with Crippen molar-refractivity contribution >= 4 is 11.9 Å². The third kappa shape index (κ3) is 3.56. The van der Waals surface area contributed by atoms with Crippen molar-refractivity contribution in [1.82, 2.24) is 5.32 Å². The number of carbonyl (C=O) groups is 2. The number of carboxylic acid groups (broad SMARTS) is 1. The molecular weight excluding hydrogens is 278 g/mol. The van der Waals surface area contributed by atoms with Gasteiger partial charge in [0.25, 0.3) is 0 Å². The van der Waals surface area contributed by atoms with Crippen LogP contribution in [-0.4, -0.2) is 17.0 Å². The predicted octanol–water partition coefficient (Wildman–Crippen LogP) is 3.15. The Hall–Kier alpha value is -2.10. The van der Waals surface area contributed by atoms with Gasteiger partial charge in [0.05, 0.1) is 17.9 Å². The van der Waals surface area contributed by atoms with Gasteiger partial charge in [0, 0.05) is 0 Å². The molecule has 1 aromatic rings. The number of hydrogen-bond acceptors (Lipinski definition) is 2. The van der Waals surface area contributed by atoms with Crippen LogP contribution in [0.25, 0.3) is 0 Å². The second-order valence-corrected chi connectivity index (χ2v) is 6.08. The smallest absolute Gasteiger partial charge is 0.307 e. The van der Waals surface area contributed by atoms with Gasteiger partial charge in [0.1, 0.15) is 0 Å². The number of aliphatic carboxylic acids is 1. The monoisotopic (exact) mass is 301 g/mol. The molecule has 2 N–H and O–H groups in total. The van der Waals surface area contributed by atoms with Crippen LogP contribution >= 0.6 is 0 Å². The van der Waals surface area contributed by atoms with E-state index in [1.807, 2.05) is 45.1 Å². The van der Waals surface area contributed by atoms with E-state index in [0.29, 0.717) is 12.8 Å². The first-order valence-electron chi connectivity index (χ1n) is 7.65. The second kappa shape index (κ2) is 6.77. The van der Waals surface area contributed by atoms with Crippen LogP contribution < -0.4 is 5.32 Å². The average Bonchev–Trinajstić information content (AvgIpc) is 2.49. The van der Waals surface area contributed by atoms with E-state index in [2.05, 4.69) is 11.4 Å². The highest BCUT2D eigenvalue weighted by molar-refractivity contribution is 5.85. The summed E-state index contributed by atoms with van der Waals surface area (Å²) < 4.78 is 0. The Kier molecular flexibility index (Phi) is 5.01. The van der Waals surface area contributed by atoms with Crippen LogP contribution in [0.2, 0.25) is 0 Å². The molecule has 22 heavy (non-hydrogen) atoms. The number of allylic oxidation sites excluding steroid dienone is 2. The lowest BCUT2D eigenvalue weighted by atomic mass is 9.82. The van der Waals surface area contributed by atoms with Crippen molar-refractivity contribution < 1.29 is 14.7 Å². The minimum absolute atomic E-state index is 0.132. The van der Waals surface area contributed by atoms with E-state index < -0.39 is 17.8 Å². The molecule has 0 saturated heterocycles.